The van der Waals surface area contributed by atoms with E-state index in [4.69, 9.17) is 9.47 Å². The van der Waals surface area contributed by atoms with E-state index in [0.29, 0.717) is 26.4 Å². The van der Waals surface area contributed by atoms with E-state index in [1.165, 1.54) is 13.3 Å². The molecule has 0 aliphatic rings. The predicted molar refractivity (Wildman–Crippen MR) is 58.7 cm³/mol. The zero-order valence-electron chi connectivity index (χ0n) is 10.1. The molecule has 1 aromatic heterocycles. The predicted octanol–water partition coefficient (Wildman–Crippen LogP) is 0.118. The normalized spacial score (nSPS) is 10.5. The number of carbonyl (C=O) groups excluding carboxylic acids is 1. The van der Waals surface area contributed by atoms with Crippen molar-refractivity contribution in [2.45, 2.75) is 13.0 Å². The number of carbonyl (C=O) groups is 1. The van der Waals surface area contributed by atoms with E-state index in [-0.39, 0.29) is 5.69 Å². The summed E-state index contributed by atoms with van der Waals surface area (Å²) in [5, 5.41) is 7.46. The maximum Gasteiger partial charge on any atom is 0.360 e. The topological polar surface area (TPSA) is 75.5 Å². The summed E-state index contributed by atoms with van der Waals surface area (Å²) in [6.07, 6.45) is 2.39. The molecule has 1 rings (SSSR count). The largest absolute Gasteiger partial charge is 0.464 e. The molecule has 17 heavy (non-hydrogen) atoms. The summed E-state index contributed by atoms with van der Waals surface area (Å²) in [6, 6.07) is 0. The highest BCUT2D eigenvalue weighted by molar-refractivity contribution is 5.86. The Morgan fingerprint density at radius 2 is 2.18 bits per heavy atom. The van der Waals surface area contributed by atoms with Crippen LogP contribution in [0.3, 0.4) is 0 Å². The average Bonchev–Trinajstić information content (AvgIpc) is 2.81. The van der Waals surface area contributed by atoms with Gasteiger partial charge in [0.15, 0.2) is 5.69 Å². The summed E-state index contributed by atoms with van der Waals surface area (Å²) in [6.45, 7) is 2.41. The Balaban J connectivity index is 2.19. The Morgan fingerprint density at radius 3 is 2.88 bits per heavy atom. The third kappa shape index (κ3) is 4.92. The van der Waals surface area contributed by atoms with Crippen LogP contribution in [-0.4, -0.2) is 55.0 Å². The highest BCUT2D eigenvalue weighted by Crippen LogP contribution is 1.95. The van der Waals surface area contributed by atoms with Gasteiger partial charge in [-0.1, -0.05) is 5.21 Å². The van der Waals surface area contributed by atoms with Gasteiger partial charge in [0.25, 0.3) is 0 Å². The zero-order chi connectivity index (χ0) is 12.5. The minimum atomic E-state index is -0.489. The Bertz CT molecular complexity index is 340. The van der Waals surface area contributed by atoms with Crippen molar-refractivity contribution in [3.63, 3.8) is 0 Å². The number of hydrogen-bond donors (Lipinski definition) is 0. The smallest absolute Gasteiger partial charge is 0.360 e. The SMILES string of the molecule is COCCCOCCn1cc(C(=O)OC)nn1. The number of aromatic nitrogens is 3. The number of hydrogen-bond acceptors (Lipinski definition) is 6. The summed E-state index contributed by atoms with van der Waals surface area (Å²) >= 11 is 0. The maximum absolute atomic E-state index is 11.1. The second kappa shape index (κ2) is 7.75. The molecule has 0 saturated carbocycles. The Morgan fingerprint density at radius 1 is 1.35 bits per heavy atom. The van der Waals surface area contributed by atoms with Gasteiger partial charge < -0.3 is 14.2 Å². The minimum Gasteiger partial charge on any atom is -0.464 e. The molecule has 0 amide bonds. The van der Waals surface area contributed by atoms with Gasteiger partial charge in [0.05, 0.1) is 26.5 Å². The molecule has 0 fully saturated rings. The van der Waals surface area contributed by atoms with Crippen LogP contribution < -0.4 is 0 Å². The molecule has 0 bridgehead atoms. The van der Waals surface area contributed by atoms with Crippen molar-refractivity contribution in [1.82, 2.24) is 15.0 Å². The van der Waals surface area contributed by atoms with E-state index >= 15 is 0 Å². The van der Waals surface area contributed by atoms with Gasteiger partial charge >= 0.3 is 5.97 Å². The van der Waals surface area contributed by atoms with Crippen LogP contribution >= 0.6 is 0 Å². The molecule has 96 valence electrons. The summed E-state index contributed by atoms with van der Waals surface area (Å²) in [5.74, 6) is -0.489. The lowest BCUT2D eigenvalue weighted by Crippen LogP contribution is -2.08. The van der Waals surface area contributed by atoms with Crippen molar-refractivity contribution < 1.29 is 19.0 Å². The van der Waals surface area contributed by atoms with E-state index in [1.54, 1.807) is 11.8 Å². The second-order valence-electron chi connectivity index (χ2n) is 3.32. The van der Waals surface area contributed by atoms with E-state index in [0.717, 1.165) is 6.42 Å². The van der Waals surface area contributed by atoms with Crippen LogP contribution in [0.2, 0.25) is 0 Å². The number of esters is 1. The number of ether oxygens (including phenoxy) is 3. The van der Waals surface area contributed by atoms with Crippen molar-refractivity contribution in [2.75, 3.05) is 34.0 Å². The van der Waals surface area contributed by atoms with E-state index in [1.807, 2.05) is 0 Å². The summed E-state index contributed by atoms with van der Waals surface area (Å²) in [4.78, 5) is 11.1. The Kier molecular flexibility index (Phi) is 6.19. The Hall–Kier alpha value is -1.47. The quantitative estimate of drug-likeness (QED) is 0.477. The van der Waals surface area contributed by atoms with Crippen molar-refractivity contribution in [2.24, 2.45) is 0 Å². The second-order valence-corrected chi connectivity index (χ2v) is 3.32. The summed E-state index contributed by atoms with van der Waals surface area (Å²) in [7, 11) is 2.96. The summed E-state index contributed by atoms with van der Waals surface area (Å²) < 4.78 is 16.3. The van der Waals surface area contributed by atoms with Crippen molar-refractivity contribution in [3.05, 3.63) is 11.9 Å². The molecule has 7 nitrogen and oxygen atoms in total. The average molecular weight is 243 g/mol. The molecule has 7 heteroatoms. The first kappa shape index (κ1) is 13.6. The lowest BCUT2D eigenvalue weighted by atomic mass is 10.5. The Labute approximate surface area is 99.6 Å². The van der Waals surface area contributed by atoms with Crippen molar-refractivity contribution >= 4 is 5.97 Å². The molecule has 0 aromatic carbocycles. The molecule has 1 aromatic rings. The molecule has 0 radical (unpaired) electrons. The standard InChI is InChI=1S/C10H17N3O4/c1-15-5-3-6-17-7-4-13-8-9(11-12-13)10(14)16-2/h8H,3-7H2,1-2H3. The van der Waals surface area contributed by atoms with Gasteiger partial charge in [0, 0.05) is 20.3 Å². The molecule has 0 aliphatic heterocycles. The first-order valence-electron chi connectivity index (χ1n) is 5.33. The van der Waals surface area contributed by atoms with Crippen molar-refractivity contribution in [1.29, 1.82) is 0 Å². The van der Waals surface area contributed by atoms with Crippen LogP contribution in [0.4, 0.5) is 0 Å². The van der Waals surface area contributed by atoms with Gasteiger partial charge in [-0.15, -0.1) is 5.10 Å². The molecule has 0 unspecified atom stereocenters. The molecular formula is C10H17N3O4. The minimum absolute atomic E-state index is 0.201. The van der Waals surface area contributed by atoms with E-state index in [2.05, 4.69) is 15.0 Å². The van der Waals surface area contributed by atoms with Crippen molar-refractivity contribution in [3.8, 4) is 0 Å². The van der Waals surface area contributed by atoms with Gasteiger partial charge in [0.1, 0.15) is 0 Å². The van der Waals surface area contributed by atoms with Gasteiger partial charge in [-0.05, 0) is 6.42 Å². The van der Waals surface area contributed by atoms with Gasteiger partial charge in [-0.3, -0.25) is 0 Å². The fourth-order valence-corrected chi connectivity index (χ4v) is 1.17. The monoisotopic (exact) mass is 243 g/mol. The first-order valence-corrected chi connectivity index (χ1v) is 5.33. The number of nitrogens with zero attached hydrogens (tertiary/aromatic N) is 3. The molecule has 0 aliphatic carbocycles. The van der Waals surface area contributed by atoms with Gasteiger partial charge in [0.2, 0.25) is 0 Å². The van der Waals surface area contributed by atoms with Crippen LogP contribution in [0, 0.1) is 0 Å². The highest BCUT2D eigenvalue weighted by Gasteiger charge is 2.09. The van der Waals surface area contributed by atoms with Gasteiger partial charge in [-0.25, -0.2) is 9.48 Å². The van der Waals surface area contributed by atoms with Crippen LogP contribution in [-0.2, 0) is 20.8 Å². The summed E-state index contributed by atoms with van der Waals surface area (Å²) in [5.41, 5.74) is 0.201. The number of methoxy groups -OCH3 is 2. The zero-order valence-corrected chi connectivity index (χ0v) is 10.1. The fraction of sp³-hybridized carbons (Fsp3) is 0.700. The van der Waals surface area contributed by atoms with E-state index in [9.17, 15) is 4.79 Å². The fourth-order valence-electron chi connectivity index (χ4n) is 1.17. The van der Waals surface area contributed by atoms with Crippen LogP contribution in [0.1, 0.15) is 16.9 Å². The van der Waals surface area contributed by atoms with Gasteiger partial charge in [-0.2, -0.15) is 0 Å². The molecule has 0 atom stereocenters. The number of rotatable bonds is 8. The third-order valence-corrected chi connectivity index (χ3v) is 2.04. The molecule has 0 saturated heterocycles. The van der Waals surface area contributed by atoms with Crippen LogP contribution in [0.15, 0.2) is 6.20 Å². The molecule has 1 heterocycles. The molecular weight excluding hydrogens is 226 g/mol. The first-order chi connectivity index (χ1) is 8.27. The lowest BCUT2D eigenvalue weighted by molar-refractivity contribution is 0.0593. The third-order valence-electron chi connectivity index (χ3n) is 2.04. The maximum atomic E-state index is 11.1. The molecule has 0 N–H and O–H groups in total. The van der Waals surface area contributed by atoms with E-state index < -0.39 is 5.97 Å². The van der Waals surface area contributed by atoms with Crippen LogP contribution in [0.25, 0.3) is 0 Å². The lowest BCUT2D eigenvalue weighted by Gasteiger charge is -2.03. The highest BCUT2D eigenvalue weighted by atomic mass is 16.5. The van der Waals surface area contributed by atoms with Crippen LogP contribution in [0.5, 0.6) is 0 Å². The molecule has 0 spiro atoms.